The molecule has 1 aliphatic heterocycles. The predicted octanol–water partition coefficient (Wildman–Crippen LogP) is 2.45. The minimum Gasteiger partial charge on any atom is -0.493 e. The molecule has 0 radical (unpaired) electrons. The summed E-state index contributed by atoms with van der Waals surface area (Å²) >= 11 is 6.06. The molecule has 0 amide bonds. The number of ether oxygens (including phenoxy) is 2. The maximum atomic E-state index is 14.5. The highest BCUT2D eigenvalue weighted by atomic mass is 35.5. The molecule has 2 N–H and O–H groups in total. The normalized spacial score (nSPS) is 23.1. The number of methoxy groups -OCH3 is 2. The smallest absolute Gasteiger partial charge is 0.182 e. The molecule has 112 valence electrons. The van der Waals surface area contributed by atoms with Crippen LogP contribution in [0.5, 0.6) is 11.5 Å². The van der Waals surface area contributed by atoms with Crippen molar-refractivity contribution >= 4 is 11.6 Å². The van der Waals surface area contributed by atoms with Gasteiger partial charge in [0, 0.05) is 18.2 Å². The Morgan fingerprint density at radius 1 is 1.45 bits per heavy atom. The van der Waals surface area contributed by atoms with Crippen LogP contribution in [0.25, 0.3) is 0 Å². The lowest BCUT2D eigenvalue weighted by Crippen LogP contribution is -2.21. The van der Waals surface area contributed by atoms with Crippen molar-refractivity contribution in [3.8, 4) is 11.5 Å². The zero-order chi connectivity index (χ0) is 14.9. The molecule has 2 unspecified atom stereocenters. The maximum Gasteiger partial charge on any atom is 0.182 e. The molecule has 20 heavy (non-hydrogen) atoms. The Hall–Kier alpha value is -1.04. The topological polar surface area (TPSA) is 47.7 Å². The van der Waals surface area contributed by atoms with Gasteiger partial charge in [-0.1, -0.05) is 11.6 Å². The first-order valence-electron chi connectivity index (χ1n) is 6.53. The Morgan fingerprint density at radius 2 is 2.15 bits per heavy atom. The van der Waals surface area contributed by atoms with E-state index < -0.39 is 5.82 Å². The molecular formula is C14H20ClFN2O2. The van der Waals surface area contributed by atoms with E-state index in [9.17, 15) is 4.39 Å². The fourth-order valence-corrected chi connectivity index (χ4v) is 3.11. The molecule has 0 spiro atoms. The van der Waals surface area contributed by atoms with E-state index in [4.69, 9.17) is 26.8 Å². The molecule has 6 heteroatoms. The molecular weight excluding hydrogens is 283 g/mol. The molecule has 1 aromatic carbocycles. The van der Waals surface area contributed by atoms with Crippen molar-refractivity contribution in [2.75, 3.05) is 34.4 Å². The predicted molar refractivity (Wildman–Crippen MR) is 77.0 cm³/mol. The van der Waals surface area contributed by atoms with Crippen LogP contribution in [0.4, 0.5) is 4.39 Å². The van der Waals surface area contributed by atoms with Gasteiger partial charge in [0.1, 0.15) is 5.02 Å². The summed E-state index contributed by atoms with van der Waals surface area (Å²) in [5, 5.41) is -0.0357. The number of likely N-dealkylation sites (tertiary alicyclic amines) is 1. The number of hydrogen-bond acceptors (Lipinski definition) is 4. The number of hydrogen-bond donors (Lipinski definition) is 1. The highest BCUT2D eigenvalue weighted by Gasteiger charge is 2.33. The SMILES string of the molecule is COc1cc(C2CC(CN)CN2C)c(F)c(Cl)c1OC. The first-order valence-corrected chi connectivity index (χ1v) is 6.91. The third-order valence-electron chi connectivity index (χ3n) is 3.91. The Labute approximate surface area is 123 Å². The molecule has 2 atom stereocenters. The fraction of sp³-hybridized carbons (Fsp3) is 0.571. The maximum absolute atomic E-state index is 14.5. The molecule has 1 aliphatic rings. The van der Waals surface area contributed by atoms with Crippen LogP contribution < -0.4 is 15.2 Å². The molecule has 0 bridgehead atoms. The fourth-order valence-electron chi connectivity index (χ4n) is 2.83. The van der Waals surface area contributed by atoms with Gasteiger partial charge >= 0.3 is 0 Å². The second-order valence-electron chi connectivity index (χ2n) is 5.12. The molecule has 4 nitrogen and oxygen atoms in total. The van der Waals surface area contributed by atoms with Gasteiger partial charge in [-0.25, -0.2) is 4.39 Å². The zero-order valence-electron chi connectivity index (χ0n) is 12.0. The molecule has 1 saturated heterocycles. The molecule has 0 aliphatic carbocycles. The Bertz CT molecular complexity index is 499. The lowest BCUT2D eigenvalue weighted by Gasteiger charge is -2.22. The average Bonchev–Trinajstić information content (AvgIpc) is 2.82. The Morgan fingerprint density at radius 3 is 2.65 bits per heavy atom. The van der Waals surface area contributed by atoms with E-state index in [1.807, 2.05) is 7.05 Å². The summed E-state index contributed by atoms with van der Waals surface area (Å²) in [6.45, 7) is 1.45. The van der Waals surface area contributed by atoms with Crippen LogP contribution in [-0.4, -0.2) is 39.3 Å². The summed E-state index contributed by atoms with van der Waals surface area (Å²) < 4.78 is 24.8. The van der Waals surface area contributed by atoms with Crippen molar-refractivity contribution in [1.82, 2.24) is 4.90 Å². The van der Waals surface area contributed by atoms with Crippen molar-refractivity contribution < 1.29 is 13.9 Å². The lowest BCUT2D eigenvalue weighted by molar-refractivity contribution is 0.302. The van der Waals surface area contributed by atoms with Gasteiger partial charge in [-0.05, 0) is 32.0 Å². The van der Waals surface area contributed by atoms with E-state index >= 15 is 0 Å². The summed E-state index contributed by atoms with van der Waals surface area (Å²) in [5.41, 5.74) is 6.25. The summed E-state index contributed by atoms with van der Waals surface area (Å²) in [5.74, 6) is 0.597. The van der Waals surface area contributed by atoms with E-state index in [-0.39, 0.29) is 16.8 Å². The second kappa shape index (κ2) is 6.16. The van der Waals surface area contributed by atoms with E-state index in [2.05, 4.69) is 4.90 Å². The van der Waals surface area contributed by atoms with Crippen LogP contribution in [0.3, 0.4) is 0 Å². The second-order valence-corrected chi connectivity index (χ2v) is 5.50. The van der Waals surface area contributed by atoms with Gasteiger partial charge in [-0.3, -0.25) is 4.90 Å². The summed E-state index contributed by atoms with van der Waals surface area (Å²) in [7, 11) is 4.91. The molecule has 1 heterocycles. The largest absolute Gasteiger partial charge is 0.493 e. The Kier molecular flexibility index (Phi) is 4.73. The van der Waals surface area contributed by atoms with Gasteiger partial charge in [0.15, 0.2) is 17.3 Å². The van der Waals surface area contributed by atoms with E-state index in [1.165, 1.54) is 14.2 Å². The molecule has 0 saturated carbocycles. The third kappa shape index (κ3) is 2.57. The van der Waals surface area contributed by atoms with Gasteiger partial charge < -0.3 is 15.2 Å². The van der Waals surface area contributed by atoms with Gasteiger partial charge in [-0.15, -0.1) is 0 Å². The van der Waals surface area contributed by atoms with E-state index in [1.54, 1.807) is 6.07 Å². The number of benzene rings is 1. The van der Waals surface area contributed by atoms with Crippen molar-refractivity contribution in [2.24, 2.45) is 11.7 Å². The first kappa shape index (κ1) is 15.4. The minimum atomic E-state index is -0.446. The summed E-state index contributed by atoms with van der Waals surface area (Å²) in [6, 6.07) is 1.63. The van der Waals surface area contributed by atoms with Gasteiger partial charge in [0.05, 0.1) is 14.2 Å². The quantitative estimate of drug-likeness (QED) is 0.928. The van der Waals surface area contributed by atoms with Gasteiger partial charge in [0.2, 0.25) is 0 Å². The number of halogens is 2. The molecule has 0 aromatic heterocycles. The van der Waals surface area contributed by atoms with E-state index in [0.29, 0.717) is 23.8 Å². The van der Waals surface area contributed by atoms with Crippen LogP contribution >= 0.6 is 11.6 Å². The zero-order valence-corrected chi connectivity index (χ0v) is 12.7. The average molecular weight is 303 g/mol. The number of nitrogens with zero attached hydrogens (tertiary/aromatic N) is 1. The van der Waals surface area contributed by atoms with Crippen molar-refractivity contribution in [3.05, 3.63) is 22.5 Å². The number of rotatable bonds is 4. The number of nitrogens with two attached hydrogens (primary N) is 1. The van der Waals surface area contributed by atoms with Gasteiger partial charge in [0.25, 0.3) is 0 Å². The highest BCUT2D eigenvalue weighted by Crippen LogP contribution is 2.44. The third-order valence-corrected chi connectivity index (χ3v) is 4.24. The molecule has 2 rings (SSSR count). The van der Waals surface area contributed by atoms with Crippen LogP contribution in [-0.2, 0) is 0 Å². The van der Waals surface area contributed by atoms with Crippen LogP contribution in [0.2, 0.25) is 5.02 Å². The monoisotopic (exact) mass is 302 g/mol. The van der Waals surface area contributed by atoms with Crippen LogP contribution in [0.1, 0.15) is 18.0 Å². The minimum absolute atomic E-state index is 0.0357. The van der Waals surface area contributed by atoms with Crippen LogP contribution in [0, 0.1) is 11.7 Å². The highest BCUT2D eigenvalue weighted by molar-refractivity contribution is 6.32. The summed E-state index contributed by atoms with van der Waals surface area (Å²) in [4.78, 5) is 2.10. The van der Waals surface area contributed by atoms with Crippen LogP contribution in [0.15, 0.2) is 6.07 Å². The molecule has 1 fully saturated rings. The first-order chi connectivity index (χ1) is 9.53. The van der Waals surface area contributed by atoms with Gasteiger partial charge in [-0.2, -0.15) is 0 Å². The molecule has 1 aromatic rings. The standard InChI is InChI=1S/C14H20ClFN2O2/c1-18-7-8(6-17)4-10(18)9-5-11(19-2)14(20-3)12(15)13(9)16/h5,8,10H,4,6-7,17H2,1-3H3. The van der Waals surface area contributed by atoms with Crippen molar-refractivity contribution in [1.29, 1.82) is 0 Å². The Balaban J connectivity index is 2.44. The summed E-state index contributed by atoms with van der Waals surface area (Å²) in [6.07, 6.45) is 0.815. The van der Waals surface area contributed by atoms with E-state index in [0.717, 1.165) is 13.0 Å². The van der Waals surface area contributed by atoms with Crippen molar-refractivity contribution in [2.45, 2.75) is 12.5 Å². The lowest BCUT2D eigenvalue weighted by atomic mass is 9.99. The van der Waals surface area contributed by atoms with Crippen molar-refractivity contribution in [3.63, 3.8) is 0 Å².